The molecule has 0 aromatic heterocycles. The van der Waals surface area contributed by atoms with Crippen molar-refractivity contribution in [2.45, 2.75) is 26.7 Å². The first-order chi connectivity index (χ1) is 10.2. The molecule has 0 aliphatic heterocycles. The summed E-state index contributed by atoms with van der Waals surface area (Å²) in [5, 5.41) is 0. The number of hydrogen-bond donors (Lipinski definition) is 1. The summed E-state index contributed by atoms with van der Waals surface area (Å²) >= 11 is 0. The van der Waals surface area contributed by atoms with Gasteiger partial charge in [-0.1, -0.05) is 25.1 Å². The van der Waals surface area contributed by atoms with Crippen LogP contribution in [0.25, 0.3) is 0 Å². The van der Waals surface area contributed by atoms with Gasteiger partial charge in [0.05, 0.1) is 6.61 Å². The van der Waals surface area contributed by atoms with Crippen molar-refractivity contribution in [1.29, 1.82) is 0 Å². The Kier molecular flexibility index (Phi) is 5.64. The molecule has 0 aliphatic rings. The van der Waals surface area contributed by atoms with E-state index in [4.69, 9.17) is 15.2 Å². The van der Waals surface area contributed by atoms with Crippen molar-refractivity contribution in [3.8, 4) is 17.2 Å². The molecule has 0 spiro atoms. The van der Waals surface area contributed by atoms with Crippen LogP contribution in [0.15, 0.2) is 42.5 Å². The molecule has 0 fully saturated rings. The van der Waals surface area contributed by atoms with E-state index < -0.39 is 0 Å². The number of para-hydroxylation sites is 2. The minimum Gasteiger partial charge on any atom is -0.490 e. The molecule has 2 aromatic carbocycles. The summed E-state index contributed by atoms with van der Waals surface area (Å²) in [7, 11) is 0. The lowest BCUT2D eigenvalue weighted by Crippen LogP contribution is -2.04. The highest BCUT2D eigenvalue weighted by Gasteiger charge is 2.06. The molecule has 112 valence electrons. The summed E-state index contributed by atoms with van der Waals surface area (Å²) in [4.78, 5) is 0. The van der Waals surface area contributed by atoms with Crippen molar-refractivity contribution in [3.63, 3.8) is 0 Å². The third kappa shape index (κ3) is 4.23. The summed E-state index contributed by atoms with van der Waals surface area (Å²) in [6, 6.07) is 13.9. The van der Waals surface area contributed by atoms with E-state index in [1.807, 2.05) is 36.4 Å². The second-order valence-electron chi connectivity index (χ2n) is 5.02. The van der Waals surface area contributed by atoms with Crippen LogP contribution in [0.3, 0.4) is 0 Å². The van der Waals surface area contributed by atoms with E-state index in [0.29, 0.717) is 13.2 Å². The van der Waals surface area contributed by atoms with Gasteiger partial charge in [0.2, 0.25) is 0 Å². The highest BCUT2D eigenvalue weighted by Crippen LogP contribution is 2.32. The molecular weight excluding hydrogens is 262 g/mol. The van der Waals surface area contributed by atoms with Crippen LogP contribution < -0.4 is 15.2 Å². The van der Waals surface area contributed by atoms with E-state index in [1.54, 1.807) is 0 Å². The zero-order valence-electron chi connectivity index (χ0n) is 12.8. The largest absolute Gasteiger partial charge is 0.490 e. The van der Waals surface area contributed by atoms with Crippen LogP contribution in [-0.4, -0.2) is 13.2 Å². The van der Waals surface area contributed by atoms with Crippen molar-refractivity contribution in [2.24, 2.45) is 5.73 Å². The van der Waals surface area contributed by atoms with Crippen LogP contribution in [-0.2, 0) is 6.42 Å². The maximum Gasteiger partial charge on any atom is 0.169 e. The van der Waals surface area contributed by atoms with Crippen LogP contribution >= 0.6 is 0 Å². The topological polar surface area (TPSA) is 44.5 Å². The molecule has 2 rings (SSSR count). The Balaban J connectivity index is 2.16. The zero-order valence-corrected chi connectivity index (χ0v) is 12.8. The monoisotopic (exact) mass is 285 g/mol. The van der Waals surface area contributed by atoms with Crippen LogP contribution in [0.4, 0.5) is 0 Å². The predicted octanol–water partition coefficient (Wildman–Crippen LogP) is 4.08. The maximum atomic E-state index is 5.96. The van der Waals surface area contributed by atoms with E-state index in [1.165, 1.54) is 11.1 Å². The number of hydrogen-bond acceptors (Lipinski definition) is 3. The Hall–Kier alpha value is -2.00. The average Bonchev–Trinajstić information content (AvgIpc) is 2.49. The SMILES string of the molecule is CCCOc1ccccc1Oc1ccc(CCN)c(C)c1. The smallest absolute Gasteiger partial charge is 0.169 e. The molecule has 21 heavy (non-hydrogen) atoms. The Labute approximate surface area is 126 Å². The second-order valence-corrected chi connectivity index (χ2v) is 5.02. The fraction of sp³-hybridized carbons (Fsp3) is 0.333. The van der Waals surface area contributed by atoms with Gasteiger partial charge in [0.25, 0.3) is 0 Å². The number of benzene rings is 2. The summed E-state index contributed by atoms with van der Waals surface area (Å²) < 4.78 is 11.7. The van der Waals surface area contributed by atoms with Gasteiger partial charge in [-0.3, -0.25) is 0 Å². The molecule has 0 atom stereocenters. The van der Waals surface area contributed by atoms with Crippen LogP contribution in [0, 0.1) is 6.92 Å². The third-order valence-electron chi connectivity index (χ3n) is 3.27. The third-order valence-corrected chi connectivity index (χ3v) is 3.27. The Morgan fingerprint density at radius 2 is 1.81 bits per heavy atom. The molecule has 0 bridgehead atoms. The van der Waals surface area contributed by atoms with Gasteiger partial charge >= 0.3 is 0 Å². The molecule has 0 radical (unpaired) electrons. The highest BCUT2D eigenvalue weighted by molar-refractivity contribution is 5.44. The van der Waals surface area contributed by atoms with Crippen molar-refractivity contribution in [3.05, 3.63) is 53.6 Å². The fourth-order valence-corrected chi connectivity index (χ4v) is 2.16. The number of nitrogens with two attached hydrogens (primary N) is 1. The number of ether oxygens (including phenoxy) is 2. The molecule has 0 saturated carbocycles. The van der Waals surface area contributed by atoms with Gasteiger partial charge in [-0.2, -0.15) is 0 Å². The van der Waals surface area contributed by atoms with E-state index in [9.17, 15) is 0 Å². The van der Waals surface area contributed by atoms with E-state index in [2.05, 4.69) is 19.9 Å². The summed E-state index contributed by atoms with van der Waals surface area (Å²) in [6.45, 7) is 5.52. The first-order valence-corrected chi connectivity index (χ1v) is 7.44. The number of aryl methyl sites for hydroxylation is 1. The maximum absolute atomic E-state index is 5.96. The molecule has 3 nitrogen and oxygen atoms in total. The van der Waals surface area contributed by atoms with E-state index >= 15 is 0 Å². The zero-order chi connectivity index (χ0) is 15.1. The van der Waals surface area contributed by atoms with Gasteiger partial charge in [0, 0.05) is 0 Å². The van der Waals surface area contributed by atoms with Crippen LogP contribution in [0.1, 0.15) is 24.5 Å². The van der Waals surface area contributed by atoms with Gasteiger partial charge in [-0.25, -0.2) is 0 Å². The first kappa shape index (κ1) is 15.4. The van der Waals surface area contributed by atoms with Gasteiger partial charge in [-0.15, -0.1) is 0 Å². The van der Waals surface area contributed by atoms with Crippen molar-refractivity contribution < 1.29 is 9.47 Å². The molecule has 0 unspecified atom stereocenters. The second kappa shape index (κ2) is 7.70. The van der Waals surface area contributed by atoms with Crippen molar-refractivity contribution in [2.75, 3.05) is 13.2 Å². The van der Waals surface area contributed by atoms with Crippen molar-refractivity contribution >= 4 is 0 Å². The summed E-state index contributed by atoms with van der Waals surface area (Å²) in [5.74, 6) is 2.35. The quantitative estimate of drug-likeness (QED) is 0.833. The molecule has 2 N–H and O–H groups in total. The average molecular weight is 285 g/mol. The first-order valence-electron chi connectivity index (χ1n) is 7.44. The normalized spacial score (nSPS) is 10.4. The fourth-order valence-electron chi connectivity index (χ4n) is 2.16. The molecule has 0 heterocycles. The molecule has 0 amide bonds. The van der Waals surface area contributed by atoms with Crippen LogP contribution in [0.5, 0.6) is 17.2 Å². The lowest BCUT2D eigenvalue weighted by molar-refractivity contribution is 0.302. The van der Waals surface area contributed by atoms with Gasteiger partial charge in [0.15, 0.2) is 11.5 Å². The minimum atomic E-state index is 0.661. The van der Waals surface area contributed by atoms with Crippen LogP contribution in [0.2, 0.25) is 0 Å². The molecule has 0 saturated heterocycles. The lowest BCUT2D eigenvalue weighted by atomic mass is 10.1. The molecule has 0 aliphatic carbocycles. The standard InChI is InChI=1S/C18H23NO2/c1-3-12-20-17-6-4-5-7-18(17)21-16-9-8-15(10-11-19)14(2)13-16/h4-9,13H,3,10-12,19H2,1-2H3. The molecular formula is C18H23NO2. The Morgan fingerprint density at radius 1 is 1.05 bits per heavy atom. The molecule has 3 heteroatoms. The Bertz CT molecular complexity index is 581. The molecule has 2 aromatic rings. The number of rotatable bonds is 7. The van der Waals surface area contributed by atoms with Gasteiger partial charge in [0.1, 0.15) is 5.75 Å². The highest BCUT2D eigenvalue weighted by atomic mass is 16.5. The predicted molar refractivity (Wildman–Crippen MR) is 86.2 cm³/mol. The minimum absolute atomic E-state index is 0.661. The summed E-state index contributed by atoms with van der Waals surface area (Å²) in [5.41, 5.74) is 8.07. The van der Waals surface area contributed by atoms with E-state index in [-0.39, 0.29) is 0 Å². The van der Waals surface area contributed by atoms with E-state index in [0.717, 1.165) is 30.1 Å². The lowest BCUT2D eigenvalue weighted by Gasteiger charge is -2.13. The van der Waals surface area contributed by atoms with Gasteiger partial charge in [-0.05, 0) is 61.7 Å². The van der Waals surface area contributed by atoms with Crippen molar-refractivity contribution in [1.82, 2.24) is 0 Å². The van der Waals surface area contributed by atoms with Gasteiger partial charge < -0.3 is 15.2 Å². The summed E-state index contributed by atoms with van der Waals surface area (Å²) in [6.07, 6.45) is 1.86. The Morgan fingerprint density at radius 3 is 2.48 bits per heavy atom.